The summed E-state index contributed by atoms with van der Waals surface area (Å²) in [5, 5.41) is 14.3. The zero-order chi connectivity index (χ0) is 17.5. The first-order valence-electron chi connectivity index (χ1n) is 7.21. The van der Waals surface area contributed by atoms with Crippen molar-refractivity contribution in [2.24, 2.45) is 5.10 Å². The number of hydrazone groups is 1. The fraction of sp³-hybridized carbons (Fsp3) is 0.176. The number of aryl methyl sites for hydroxylation is 2. The molecule has 0 aliphatic heterocycles. The molecule has 0 radical (unpaired) electrons. The van der Waals surface area contributed by atoms with Crippen molar-refractivity contribution in [2.45, 2.75) is 13.8 Å². The van der Waals surface area contributed by atoms with E-state index in [2.05, 4.69) is 10.5 Å². The molecule has 2 aromatic rings. The number of nitro groups is 1. The Labute approximate surface area is 139 Å². The topological polar surface area (TPSA) is 93.8 Å². The van der Waals surface area contributed by atoms with Crippen molar-refractivity contribution in [2.75, 3.05) is 6.61 Å². The molecule has 0 fully saturated rings. The van der Waals surface area contributed by atoms with E-state index < -0.39 is 10.8 Å². The first-order chi connectivity index (χ1) is 11.4. The molecule has 0 saturated heterocycles. The van der Waals surface area contributed by atoms with Crippen molar-refractivity contribution in [3.63, 3.8) is 0 Å². The van der Waals surface area contributed by atoms with Gasteiger partial charge in [-0.2, -0.15) is 5.10 Å². The number of nitrogens with zero attached hydrogens (tertiary/aromatic N) is 2. The lowest BCUT2D eigenvalue weighted by atomic mass is 10.1. The van der Waals surface area contributed by atoms with Crippen molar-refractivity contribution in [1.82, 2.24) is 5.43 Å². The molecular weight excluding hydrogens is 310 g/mol. The van der Waals surface area contributed by atoms with Crippen LogP contribution in [0.5, 0.6) is 5.75 Å². The van der Waals surface area contributed by atoms with Gasteiger partial charge in [0.1, 0.15) is 5.75 Å². The van der Waals surface area contributed by atoms with E-state index in [-0.39, 0.29) is 12.3 Å². The van der Waals surface area contributed by atoms with Gasteiger partial charge < -0.3 is 4.74 Å². The van der Waals surface area contributed by atoms with Crippen LogP contribution < -0.4 is 10.2 Å². The molecule has 0 aliphatic carbocycles. The van der Waals surface area contributed by atoms with Crippen molar-refractivity contribution in [3.05, 3.63) is 69.3 Å². The molecule has 0 heterocycles. The van der Waals surface area contributed by atoms with E-state index in [9.17, 15) is 14.9 Å². The van der Waals surface area contributed by atoms with Crippen LogP contribution in [0.3, 0.4) is 0 Å². The van der Waals surface area contributed by atoms with Crippen LogP contribution in [0.1, 0.15) is 16.7 Å². The molecule has 0 bridgehead atoms. The Balaban J connectivity index is 1.83. The molecule has 7 nitrogen and oxygen atoms in total. The summed E-state index contributed by atoms with van der Waals surface area (Å²) in [6.45, 7) is 3.75. The number of ether oxygens (including phenoxy) is 1. The zero-order valence-corrected chi connectivity index (χ0v) is 13.4. The number of hydrogen-bond donors (Lipinski definition) is 1. The summed E-state index contributed by atoms with van der Waals surface area (Å²) in [4.78, 5) is 21.7. The summed E-state index contributed by atoms with van der Waals surface area (Å²) < 4.78 is 5.41. The molecule has 2 aromatic carbocycles. The quantitative estimate of drug-likeness (QED) is 0.501. The molecule has 1 amide bonds. The number of non-ortho nitro benzene ring substituents is 1. The van der Waals surface area contributed by atoms with E-state index in [4.69, 9.17) is 4.74 Å². The highest BCUT2D eigenvalue weighted by atomic mass is 16.6. The summed E-state index contributed by atoms with van der Waals surface area (Å²) in [6, 6.07) is 11.5. The van der Waals surface area contributed by atoms with Crippen molar-refractivity contribution < 1.29 is 14.5 Å². The van der Waals surface area contributed by atoms with Gasteiger partial charge in [-0.25, -0.2) is 5.43 Å². The number of rotatable bonds is 6. The maximum atomic E-state index is 11.7. The molecule has 7 heteroatoms. The highest BCUT2D eigenvalue weighted by Crippen LogP contribution is 2.16. The fourth-order valence-electron chi connectivity index (χ4n) is 2.06. The number of nitrogens with one attached hydrogen (secondary N) is 1. The first kappa shape index (κ1) is 17.1. The summed E-state index contributed by atoms with van der Waals surface area (Å²) in [7, 11) is 0. The minimum absolute atomic E-state index is 0.00182. The van der Waals surface area contributed by atoms with Crippen LogP contribution in [0.15, 0.2) is 47.6 Å². The molecule has 124 valence electrons. The Hall–Kier alpha value is -3.22. The van der Waals surface area contributed by atoms with Gasteiger partial charge >= 0.3 is 0 Å². The van der Waals surface area contributed by atoms with E-state index >= 15 is 0 Å². The monoisotopic (exact) mass is 327 g/mol. The highest BCUT2D eigenvalue weighted by Gasteiger charge is 2.04. The Morgan fingerprint density at radius 3 is 2.42 bits per heavy atom. The van der Waals surface area contributed by atoms with Crippen LogP contribution in [0.25, 0.3) is 0 Å². The lowest BCUT2D eigenvalue weighted by Gasteiger charge is -2.07. The molecule has 0 saturated carbocycles. The van der Waals surface area contributed by atoms with E-state index in [1.54, 1.807) is 12.1 Å². The van der Waals surface area contributed by atoms with Crippen molar-refractivity contribution >= 4 is 17.8 Å². The average Bonchev–Trinajstić information content (AvgIpc) is 2.52. The van der Waals surface area contributed by atoms with Gasteiger partial charge in [0.15, 0.2) is 6.61 Å². The number of carbonyl (C=O) groups is 1. The molecule has 0 aromatic heterocycles. The molecule has 0 unspecified atom stereocenters. The van der Waals surface area contributed by atoms with Gasteiger partial charge in [-0.3, -0.25) is 14.9 Å². The lowest BCUT2D eigenvalue weighted by molar-refractivity contribution is -0.384. The second kappa shape index (κ2) is 7.87. The minimum Gasteiger partial charge on any atom is -0.484 e. The SMILES string of the molecule is Cc1cc(C)cc(OCC(=O)N/N=C/c2ccc([N+](=O)[O-])cc2)c1. The van der Waals surface area contributed by atoms with E-state index in [0.717, 1.165) is 11.1 Å². The fourth-order valence-corrected chi connectivity index (χ4v) is 2.06. The summed E-state index contributed by atoms with van der Waals surface area (Å²) in [5.74, 6) is 0.231. The standard InChI is InChI=1S/C17H17N3O4/c1-12-7-13(2)9-16(8-12)24-11-17(21)19-18-10-14-3-5-15(6-4-14)20(22)23/h3-10H,11H2,1-2H3,(H,19,21)/b18-10+. The first-order valence-corrected chi connectivity index (χ1v) is 7.21. The molecule has 24 heavy (non-hydrogen) atoms. The van der Waals surface area contributed by atoms with Gasteiger partial charge in [-0.15, -0.1) is 0 Å². The predicted octanol–water partition coefficient (Wildman–Crippen LogP) is 2.74. The molecule has 0 spiro atoms. The number of carbonyl (C=O) groups excluding carboxylic acids is 1. The van der Waals surface area contributed by atoms with Crippen LogP contribution in [-0.2, 0) is 4.79 Å². The average molecular weight is 327 g/mol. The van der Waals surface area contributed by atoms with Gasteiger partial charge in [-0.1, -0.05) is 6.07 Å². The smallest absolute Gasteiger partial charge is 0.277 e. The Morgan fingerprint density at radius 1 is 1.21 bits per heavy atom. The van der Waals surface area contributed by atoms with Gasteiger partial charge in [0.05, 0.1) is 11.1 Å². The molecule has 1 N–H and O–H groups in total. The summed E-state index contributed by atoms with van der Waals surface area (Å²) in [5.41, 5.74) is 5.09. The maximum absolute atomic E-state index is 11.7. The summed E-state index contributed by atoms with van der Waals surface area (Å²) >= 11 is 0. The van der Waals surface area contributed by atoms with Gasteiger partial charge in [0.2, 0.25) is 0 Å². The second-order valence-corrected chi connectivity index (χ2v) is 5.25. The van der Waals surface area contributed by atoms with Crippen LogP contribution >= 0.6 is 0 Å². The summed E-state index contributed by atoms with van der Waals surface area (Å²) in [6.07, 6.45) is 1.40. The molecule has 0 aliphatic rings. The van der Waals surface area contributed by atoms with Gasteiger partial charge in [0, 0.05) is 12.1 Å². The van der Waals surface area contributed by atoms with Crippen LogP contribution in [0.2, 0.25) is 0 Å². The number of benzene rings is 2. The van der Waals surface area contributed by atoms with Crippen LogP contribution in [0, 0.1) is 24.0 Å². The van der Waals surface area contributed by atoms with Crippen LogP contribution in [0.4, 0.5) is 5.69 Å². The third kappa shape index (κ3) is 5.20. The molecular formula is C17H17N3O4. The third-order valence-electron chi connectivity index (χ3n) is 3.07. The molecule has 2 rings (SSSR count). The van der Waals surface area contributed by atoms with Crippen molar-refractivity contribution in [1.29, 1.82) is 0 Å². The lowest BCUT2D eigenvalue weighted by Crippen LogP contribution is -2.24. The molecule has 0 atom stereocenters. The Bertz CT molecular complexity index is 750. The zero-order valence-electron chi connectivity index (χ0n) is 13.4. The number of nitro benzene ring substituents is 1. The Kier molecular flexibility index (Phi) is 5.62. The van der Waals surface area contributed by atoms with Crippen molar-refractivity contribution in [3.8, 4) is 5.75 Å². The Morgan fingerprint density at radius 2 is 1.83 bits per heavy atom. The maximum Gasteiger partial charge on any atom is 0.277 e. The van der Waals surface area contributed by atoms with Crippen LogP contribution in [-0.4, -0.2) is 23.7 Å². The number of amides is 1. The normalized spacial score (nSPS) is 10.6. The number of hydrogen-bond acceptors (Lipinski definition) is 5. The van der Waals surface area contributed by atoms with E-state index in [0.29, 0.717) is 11.3 Å². The minimum atomic E-state index is -0.479. The van der Waals surface area contributed by atoms with E-state index in [1.165, 1.54) is 18.3 Å². The highest BCUT2D eigenvalue weighted by molar-refractivity contribution is 5.83. The van der Waals surface area contributed by atoms with Gasteiger partial charge in [-0.05, 0) is 54.8 Å². The predicted molar refractivity (Wildman–Crippen MR) is 90.2 cm³/mol. The van der Waals surface area contributed by atoms with E-state index in [1.807, 2.05) is 32.0 Å². The third-order valence-corrected chi connectivity index (χ3v) is 3.07. The largest absolute Gasteiger partial charge is 0.484 e. The van der Waals surface area contributed by atoms with Gasteiger partial charge in [0.25, 0.3) is 11.6 Å². The second-order valence-electron chi connectivity index (χ2n) is 5.25.